The van der Waals surface area contributed by atoms with Gasteiger partial charge in [0.25, 0.3) is 0 Å². The lowest BCUT2D eigenvalue weighted by Crippen LogP contribution is -2.39. The van der Waals surface area contributed by atoms with Crippen LogP contribution in [0.5, 0.6) is 5.75 Å². The number of methoxy groups -OCH3 is 1. The van der Waals surface area contributed by atoms with Crippen LogP contribution in [-0.2, 0) is 11.3 Å². The molecule has 1 amide bonds. The third-order valence-corrected chi connectivity index (χ3v) is 3.51. The number of carbonyl (C=O) groups is 1. The van der Waals surface area contributed by atoms with Gasteiger partial charge in [0.15, 0.2) is 0 Å². The summed E-state index contributed by atoms with van der Waals surface area (Å²) in [5.74, 6) is 0.878. The number of likely N-dealkylation sites (N-methyl/N-ethyl adjacent to an activating group) is 1. The van der Waals surface area contributed by atoms with Gasteiger partial charge in [-0.15, -0.1) is 0 Å². The van der Waals surface area contributed by atoms with Crippen LogP contribution in [-0.4, -0.2) is 37.0 Å². The van der Waals surface area contributed by atoms with Crippen LogP contribution in [0.1, 0.15) is 26.3 Å². The summed E-state index contributed by atoms with van der Waals surface area (Å²) >= 11 is 3.48. The molecule has 0 aromatic heterocycles. The highest BCUT2D eigenvalue weighted by Gasteiger charge is 2.11. The van der Waals surface area contributed by atoms with Gasteiger partial charge in [-0.05, 0) is 54.0 Å². The number of benzene rings is 1. The molecule has 0 fully saturated rings. The van der Waals surface area contributed by atoms with Gasteiger partial charge in [-0.2, -0.15) is 0 Å². The third-order valence-electron chi connectivity index (χ3n) is 2.89. The maximum atomic E-state index is 11.8. The topological polar surface area (TPSA) is 41.6 Å². The van der Waals surface area contributed by atoms with E-state index in [-0.39, 0.29) is 11.9 Å². The van der Waals surface area contributed by atoms with Crippen molar-refractivity contribution in [1.82, 2.24) is 10.2 Å². The molecule has 5 heteroatoms. The zero-order chi connectivity index (χ0) is 15.1. The van der Waals surface area contributed by atoms with Crippen molar-refractivity contribution < 1.29 is 9.53 Å². The summed E-state index contributed by atoms with van der Waals surface area (Å²) in [5, 5.41) is 2.91. The predicted octanol–water partition coefficient (Wildman–Crippen LogP) is 2.80. The highest BCUT2D eigenvalue weighted by molar-refractivity contribution is 9.10. The van der Waals surface area contributed by atoms with E-state index < -0.39 is 0 Å². The van der Waals surface area contributed by atoms with Crippen molar-refractivity contribution in [2.75, 3.05) is 20.2 Å². The molecule has 0 bridgehead atoms. The Balaban J connectivity index is 2.64. The van der Waals surface area contributed by atoms with E-state index in [1.807, 2.05) is 32.0 Å². The van der Waals surface area contributed by atoms with Gasteiger partial charge >= 0.3 is 0 Å². The Morgan fingerprint density at radius 1 is 1.45 bits per heavy atom. The molecule has 0 unspecified atom stereocenters. The summed E-state index contributed by atoms with van der Waals surface area (Å²) in [6.45, 7) is 7.98. The summed E-state index contributed by atoms with van der Waals surface area (Å²) < 4.78 is 6.15. The summed E-state index contributed by atoms with van der Waals surface area (Å²) in [4.78, 5) is 13.9. The fourth-order valence-corrected chi connectivity index (χ4v) is 2.50. The van der Waals surface area contributed by atoms with E-state index in [4.69, 9.17) is 4.74 Å². The van der Waals surface area contributed by atoms with Crippen LogP contribution < -0.4 is 10.1 Å². The lowest BCUT2D eigenvalue weighted by molar-refractivity contribution is -0.122. The van der Waals surface area contributed by atoms with Gasteiger partial charge in [-0.25, -0.2) is 0 Å². The van der Waals surface area contributed by atoms with Crippen molar-refractivity contribution in [1.29, 1.82) is 0 Å². The Hall–Kier alpha value is -1.07. The van der Waals surface area contributed by atoms with E-state index in [0.29, 0.717) is 6.54 Å². The number of amides is 1. The maximum Gasteiger partial charge on any atom is 0.234 e. The molecule has 0 saturated heterocycles. The molecule has 112 valence electrons. The fraction of sp³-hybridized carbons (Fsp3) is 0.533. The van der Waals surface area contributed by atoms with E-state index in [1.54, 1.807) is 7.11 Å². The van der Waals surface area contributed by atoms with Crippen molar-refractivity contribution in [3.63, 3.8) is 0 Å². The molecule has 1 aromatic rings. The van der Waals surface area contributed by atoms with Gasteiger partial charge in [0.1, 0.15) is 5.75 Å². The zero-order valence-corrected chi connectivity index (χ0v) is 14.2. The summed E-state index contributed by atoms with van der Waals surface area (Å²) in [6, 6.07) is 6.16. The van der Waals surface area contributed by atoms with Crippen LogP contribution in [0.4, 0.5) is 0 Å². The van der Waals surface area contributed by atoms with Crippen LogP contribution >= 0.6 is 15.9 Å². The first-order chi connectivity index (χ1) is 9.46. The molecule has 4 nitrogen and oxygen atoms in total. The molecule has 0 atom stereocenters. The molecule has 0 radical (unpaired) electrons. The number of halogens is 1. The molecule has 0 aliphatic carbocycles. The highest BCUT2D eigenvalue weighted by Crippen LogP contribution is 2.25. The number of nitrogens with one attached hydrogen (secondary N) is 1. The number of carbonyl (C=O) groups excluding carboxylic acids is 1. The molecule has 0 aliphatic heterocycles. The summed E-state index contributed by atoms with van der Waals surface area (Å²) in [7, 11) is 1.65. The average Bonchev–Trinajstić information content (AvgIpc) is 2.37. The van der Waals surface area contributed by atoms with Crippen molar-refractivity contribution in [2.24, 2.45) is 0 Å². The quantitative estimate of drug-likeness (QED) is 0.828. The smallest absolute Gasteiger partial charge is 0.234 e. The molecule has 0 saturated carbocycles. The first kappa shape index (κ1) is 17.0. The van der Waals surface area contributed by atoms with E-state index in [1.165, 1.54) is 0 Å². The second-order valence-corrected chi connectivity index (χ2v) is 5.85. The van der Waals surface area contributed by atoms with Crippen molar-refractivity contribution in [2.45, 2.75) is 33.4 Å². The van der Waals surface area contributed by atoms with Gasteiger partial charge in [-0.1, -0.05) is 13.0 Å². The van der Waals surface area contributed by atoms with Crippen LogP contribution in [0.25, 0.3) is 0 Å². The monoisotopic (exact) mass is 342 g/mol. The fourth-order valence-electron chi connectivity index (χ4n) is 1.92. The van der Waals surface area contributed by atoms with Gasteiger partial charge in [0.05, 0.1) is 18.1 Å². The second kappa shape index (κ2) is 8.27. The minimum atomic E-state index is 0.0643. The summed E-state index contributed by atoms with van der Waals surface area (Å²) in [6.07, 6.45) is 0. The lowest BCUT2D eigenvalue weighted by Gasteiger charge is -2.21. The largest absolute Gasteiger partial charge is 0.496 e. The van der Waals surface area contributed by atoms with Crippen molar-refractivity contribution in [3.05, 3.63) is 28.2 Å². The van der Waals surface area contributed by atoms with Gasteiger partial charge in [0.2, 0.25) is 5.91 Å². The lowest BCUT2D eigenvalue weighted by atomic mass is 10.2. The maximum absolute atomic E-state index is 11.8. The minimum absolute atomic E-state index is 0.0643. The van der Waals surface area contributed by atoms with E-state index in [0.717, 1.165) is 28.9 Å². The molecule has 0 aliphatic rings. The van der Waals surface area contributed by atoms with E-state index >= 15 is 0 Å². The predicted molar refractivity (Wildman–Crippen MR) is 84.9 cm³/mol. The Kier molecular flexibility index (Phi) is 7.02. The van der Waals surface area contributed by atoms with Crippen LogP contribution in [0.3, 0.4) is 0 Å². The number of rotatable bonds is 7. The molecule has 0 spiro atoms. The second-order valence-electron chi connectivity index (χ2n) is 4.99. The number of ether oxygens (including phenoxy) is 1. The van der Waals surface area contributed by atoms with E-state index in [9.17, 15) is 4.79 Å². The van der Waals surface area contributed by atoms with Gasteiger partial charge < -0.3 is 10.1 Å². The minimum Gasteiger partial charge on any atom is -0.496 e. The number of nitrogens with zero attached hydrogens (tertiary/aromatic N) is 1. The van der Waals surface area contributed by atoms with E-state index in [2.05, 4.69) is 33.1 Å². The average molecular weight is 343 g/mol. The van der Waals surface area contributed by atoms with Crippen LogP contribution in [0.15, 0.2) is 22.7 Å². The molecular formula is C15H23BrN2O2. The Morgan fingerprint density at radius 2 is 2.15 bits per heavy atom. The van der Waals surface area contributed by atoms with Crippen LogP contribution in [0.2, 0.25) is 0 Å². The molecular weight excluding hydrogens is 320 g/mol. The standard InChI is InChI=1S/C15H23BrN2O2/c1-5-18(10-15(19)17-11(2)3)9-12-6-7-14(20-4)13(16)8-12/h6-8,11H,5,9-10H2,1-4H3,(H,17,19). The molecule has 1 N–H and O–H groups in total. The number of hydrogen-bond acceptors (Lipinski definition) is 3. The first-order valence-electron chi connectivity index (χ1n) is 6.80. The van der Waals surface area contributed by atoms with Crippen molar-refractivity contribution in [3.8, 4) is 5.75 Å². The Bertz CT molecular complexity index is 449. The Labute approximate surface area is 129 Å². The van der Waals surface area contributed by atoms with Crippen LogP contribution in [0, 0.1) is 0 Å². The summed E-state index contributed by atoms with van der Waals surface area (Å²) in [5.41, 5.74) is 1.15. The Morgan fingerprint density at radius 3 is 2.65 bits per heavy atom. The van der Waals surface area contributed by atoms with Gasteiger partial charge in [-0.3, -0.25) is 9.69 Å². The SMILES string of the molecule is CCN(CC(=O)NC(C)C)Cc1ccc(OC)c(Br)c1. The molecule has 1 aromatic carbocycles. The first-order valence-corrected chi connectivity index (χ1v) is 7.59. The van der Waals surface area contributed by atoms with Crippen molar-refractivity contribution >= 4 is 21.8 Å². The highest BCUT2D eigenvalue weighted by atomic mass is 79.9. The molecule has 20 heavy (non-hydrogen) atoms. The number of hydrogen-bond donors (Lipinski definition) is 1. The molecule has 1 rings (SSSR count). The molecule has 0 heterocycles. The zero-order valence-electron chi connectivity index (χ0n) is 12.6. The third kappa shape index (κ3) is 5.51. The van der Waals surface area contributed by atoms with Gasteiger partial charge in [0, 0.05) is 12.6 Å². The normalized spacial score (nSPS) is 10.9.